The predicted octanol–water partition coefficient (Wildman–Crippen LogP) is 5.38. The average Bonchev–Trinajstić information content (AvgIpc) is 3.13. The van der Waals surface area contributed by atoms with Crippen molar-refractivity contribution in [3.8, 4) is 0 Å². The van der Waals surface area contributed by atoms with E-state index in [4.69, 9.17) is 32.5 Å². The van der Waals surface area contributed by atoms with E-state index in [1.165, 1.54) is 11.8 Å². The molecule has 0 spiro atoms. The second-order valence-electron chi connectivity index (χ2n) is 5.95. The molecule has 0 saturated heterocycles. The van der Waals surface area contributed by atoms with E-state index in [9.17, 15) is 9.59 Å². The SMILES string of the molecule is Cc1cc(CSc2ccccc2C(=O)OCC(=O)Nc2cccc(Cl)c2Cl)on1. The number of thioether (sulfide) groups is 1. The average molecular weight is 451 g/mol. The molecule has 1 N–H and O–H groups in total. The molecule has 3 rings (SSSR count). The third-order valence-electron chi connectivity index (χ3n) is 3.71. The van der Waals surface area contributed by atoms with Crippen LogP contribution < -0.4 is 5.32 Å². The Bertz CT molecular complexity index is 1040. The van der Waals surface area contributed by atoms with E-state index >= 15 is 0 Å². The highest BCUT2D eigenvalue weighted by Gasteiger charge is 2.16. The van der Waals surface area contributed by atoms with Crippen LogP contribution >= 0.6 is 35.0 Å². The first-order valence-electron chi connectivity index (χ1n) is 8.49. The minimum absolute atomic E-state index is 0.221. The Labute approximate surface area is 181 Å². The smallest absolute Gasteiger partial charge is 0.339 e. The maximum absolute atomic E-state index is 12.5. The van der Waals surface area contributed by atoms with Gasteiger partial charge in [0.05, 0.1) is 32.7 Å². The molecule has 0 saturated carbocycles. The minimum Gasteiger partial charge on any atom is -0.452 e. The minimum atomic E-state index is -0.603. The standard InChI is InChI=1S/C20H16Cl2N2O4S/c1-12-9-13(28-24-12)11-29-17-8-3-2-5-14(17)20(26)27-10-18(25)23-16-7-4-6-15(21)19(16)22/h2-9H,10-11H2,1H3,(H,23,25). The number of hydrogen-bond acceptors (Lipinski definition) is 6. The number of nitrogens with zero attached hydrogens (tertiary/aromatic N) is 1. The van der Waals surface area contributed by atoms with Gasteiger partial charge in [0.25, 0.3) is 5.91 Å². The van der Waals surface area contributed by atoms with Gasteiger partial charge in [-0.2, -0.15) is 0 Å². The van der Waals surface area contributed by atoms with Gasteiger partial charge in [-0.3, -0.25) is 4.79 Å². The first-order chi connectivity index (χ1) is 13.9. The van der Waals surface area contributed by atoms with Gasteiger partial charge in [0.2, 0.25) is 0 Å². The van der Waals surface area contributed by atoms with Gasteiger partial charge in [-0.15, -0.1) is 11.8 Å². The fourth-order valence-corrected chi connectivity index (χ4v) is 3.65. The summed E-state index contributed by atoms with van der Waals surface area (Å²) in [5.41, 5.74) is 1.50. The van der Waals surface area contributed by atoms with Gasteiger partial charge in [0.15, 0.2) is 6.61 Å². The highest BCUT2D eigenvalue weighted by Crippen LogP contribution is 2.30. The summed E-state index contributed by atoms with van der Waals surface area (Å²) in [6.07, 6.45) is 0. The Balaban J connectivity index is 1.59. The molecule has 1 aromatic heterocycles. The molecular weight excluding hydrogens is 435 g/mol. The Hall–Kier alpha value is -2.48. The van der Waals surface area contributed by atoms with Crippen LogP contribution in [-0.2, 0) is 15.3 Å². The van der Waals surface area contributed by atoms with Crippen LogP contribution in [0.1, 0.15) is 21.8 Å². The Kier molecular flexibility index (Phi) is 7.19. The van der Waals surface area contributed by atoms with E-state index in [1.807, 2.05) is 19.1 Å². The molecule has 0 atom stereocenters. The van der Waals surface area contributed by atoms with E-state index in [1.54, 1.807) is 36.4 Å². The lowest BCUT2D eigenvalue weighted by atomic mass is 10.2. The van der Waals surface area contributed by atoms with Crippen molar-refractivity contribution < 1.29 is 18.8 Å². The Morgan fingerprint density at radius 3 is 2.72 bits per heavy atom. The van der Waals surface area contributed by atoms with Crippen LogP contribution in [-0.4, -0.2) is 23.6 Å². The molecule has 0 aliphatic rings. The van der Waals surface area contributed by atoms with Crippen molar-refractivity contribution in [2.75, 3.05) is 11.9 Å². The van der Waals surface area contributed by atoms with Crippen LogP contribution in [0.2, 0.25) is 10.0 Å². The van der Waals surface area contributed by atoms with E-state index in [0.717, 1.165) is 5.69 Å². The Morgan fingerprint density at radius 1 is 1.17 bits per heavy atom. The lowest BCUT2D eigenvalue weighted by molar-refractivity contribution is -0.119. The molecule has 29 heavy (non-hydrogen) atoms. The topological polar surface area (TPSA) is 81.4 Å². The van der Waals surface area contributed by atoms with Gasteiger partial charge >= 0.3 is 5.97 Å². The zero-order valence-corrected chi connectivity index (χ0v) is 17.6. The Morgan fingerprint density at radius 2 is 1.97 bits per heavy atom. The maximum atomic E-state index is 12.5. The lowest BCUT2D eigenvalue weighted by Gasteiger charge is -2.10. The van der Waals surface area contributed by atoms with Gasteiger partial charge in [0.1, 0.15) is 5.76 Å². The number of nitrogens with one attached hydrogen (secondary N) is 1. The number of hydrogen-bond donors (Lipinski definition) is 1. The summed E-state index contributed by atoms with van der Waals surface area (Å²) >= 11 is 13.4. The monoisotopic (exact) mass is 450 g/mol. The molecule has 0 aliphatic heterocycles. The van der Waals surface area contributed by atoms with Gasteiger partial charge in [-0.1, -0.05) is 46.6 Å². The molecule has 6 nitrogen and oxygen atoms in total. The molecule has 0 fully saturated rings. The largest absolute Gasteiger partial charge is 0.452 e. The third kappa shape index (κ3) is 5.76. The molecule has 0 aliphatic carbocycles. The lowest BCUT2D eigenvalue weighted by Crippen LogP contribution is -2.21. The normalized spacial score (nSPS) is 10.6. The van der Waals surface area contributed by atoms with Crippen molar-refractivity contribution in [2.45, 2.75) is 17.6 Å². The first-order valence-corrected chi connectivity index (χ1v) is 10.2. The van der Waals surface area contributed by atoms with E-state index in [-0.39, 0.29) is 5.02 Å². The van der Waals surface area contributed by atoms with Crippen LogP contribution in [0.3, 0.4) is 0 Å². The van der Waals surface area contributed by atoms with E-state index in [0.29, 0.717) is 32.7 Å². The van der Waals surface area contributed by atoms with Gasteiger partial charge in [-0.05, 0) is 31.2 Å². The van der Waals surface area contributed by atoms with E-state index in [2.05, 4.69) is 10.5 Å². The summed E-state index contributed by atoms with van der Waals surface area (Å²) in [6.45, 7) is 1.38. The summed E-state index contributed by atoms with van der Waals surface area (Å²) in [5, 5.41) is 6.94. The molecular formula is C20H16Cl2N2O4S. The molecule has 1 amide bonds. The number of carbonyl (C=O) groups is 2. The van der Waals surface area contributed by atoms with Crippen molar-refractivity contribution in [3.05, 3.63) is 75.6 Å². The molecule has 9 heteroatoms. The number of benzene rings is 2. The second-order valence-corrected chi connectivity index (χ2v) is 7.75. The third-order valence-corrected chi connectivity index (χ3v) is 5.63. The fourth-order valence-electron chi connectivity index (χ4n) is 2.39. The number of ether oxygens (including phenoxy) is 1. The van der Waals surface area contributed by atoms with Crippen LogP contribution in [0.4, 0.5) is 5.69 Å². The number of anilines is 1. The number of halogens is 2. The van der Waals surface area contributed by atoms with Crippen molar-refractivity contribution >= 4 is 52.5 Å². The molecule has 1 heterocycles. The van der Waals surface area contributed by atoms with Crippen LogP contribution in [0.15, 0.2) is 57.9 Å². The number of aryl methyl sites for hydroxylation is 1. The summed E-state index contributed by atoms with van der Waals surface area (Å²) in [4.78, 5) is 25.3. The van der Waals surface area contributed by atoms with Gasteiger partial charge in [0, 0.05) is 11.0 Å². The summed E-state index contributed by atoms with van der Waals surface area (Å²) < 4.78 is 10.3. The van der Waals surface area contributed by atoms with Crippen LogP contribution in [0.5, 0.6) is 0 Å². The fraction of sp³-hybridized carbons (Fsp3) is 0.150. The molecule has 0 unspecified atom stereocenters. The van der Waals surface area contributed by atoms with Crippen molar-refractivity contribution in [3.63, 3.8) is 0 Å². The van der Waals surface area contributed by atoms with Crippen LogP contribution in [0, 0.1) is 6.92 Å². The number of aromatic nitrogens is 1. The van der Waals surface area contributed by atoms with Crippen molar-refractivity contribution in [1.29, 1.82) is 0 Å². The van der Waals surface area contributed by atoms with E-state index < -0.39 is 18.5 Å². The summed E-state index contributed by atoms with van der Waals surface area (Å²) in [7, 11) is 0. The van der Waals surface area contributed by atoms with Gasteiger partial charge < -0.3 is 14.6 Å². The summed E-state index contributed by atoms with van der Waals surface area (Å²) in [6, 6.07) is 13.7. The highest BCUT2D eigenvalue weighted by molar-refractivity contribution is 7.98. The quantitative estimate of drug-likeness (QED) is 0.384. The summed E-state index contributed by atoms with van der Waals surface area (Å²) in [5.74, 6) is 0.0891. The highest BCUT2D eigenvalue weighted by atomic mass is 35.5. The predicted molar refractivity (Wildman–Crippen MR) is 113 cm³/mol. The number of amides is 1. The molecule has 3 aromatic rings. The molecule has 0 bridgehead atoms. The number of rotatable bonds is 7. The second kappa shape index (κ2) is 9.82. The zero-order valence-electron chi connectivity index (χ0n) is 15.3. The molecule has 150 valence electrons. The zero-order chi connectivity index (χ0) is 20.8. The maximum Gasteiger partial charge on any atom is 0.339 e. The van der Waals surface area contributed by atoms with Crippen LogP contribution in [0.25, 0.3) is 0 Å². The number of carbonyl (C=O) groups excluding carboxylic acids is 2. The molecule has 0 radical (unpaired) electrons. The van der Waals surface area contributed by atoms with Crippen molar-refractivity contribution in [2.24, 2.45) is 0 Å². The first kappa shape index (κ1) is 21.2. The number of esters is 1. The van der Waals surface area contributed by atoms with Crippen molar-refractivity contribution in [1.82, 2.24) is 5.16 Å². The van der Waals surface area contributed by atoms with Gasteiger partial charge in [-0.25, -0.2) is 4.79 Å². The molecule has 2 aromatic carbocycles.